The van der Waals surface area contributed by atoms with Gasteiger partial charge in [-0.2, -0.15) is 0 Å². The molecule has 2 aromatic rings. The number of hydrogen-bond donors (Lipinski definition) is 1. The Morgan fingerprint density at radius 3 is 2.30 bits per heavy atom. The number of nitrogens with zero attached hydrogens (tertiary/aromatic N) is 1. The summed E-state index contributed by atoms with van der Waals surface area (Å²) >= 11 is 0. The Morgan fingerprint density at radius 2 is 1.70 bits per heavy atom. The van der Waals surface area contributed by atoms with Crippen molar-refractivity contribution >= 4 is 18.1 Å². The van der Waals surface area contributed by atoms with Crippen LogP contribution in [0.1, 0.15) is 42.0 Å². The van der Waals surface area contributed by atoms with Gasteiger partial charge in [-0.05, 0) is 37.1 Å². The Hall–Kier alpha value is -2.43. The van der Waals surface area contributed by atoms with E-state index in [0.717, 1.165) is 43.6 Å². The normalized spacial score (nSPS) is 21.0. The van der Waals surface area contributed by atoms with E-state index in [9.17, 15) is 9.90 Å². The number of rotatable bonds is 3. The molecule has 1 saturated heterocycles. The van der Waals surface area contributed by atoms with E-state index in [-0.39, 0.29) is 6.10 Å². The highest BCUT2D eigenvalue weighted by Crippen LogP contribution is 2.39. The molecular formula is C23H25NO3. The molecule has 1 aliphatic heterocycles. The van der Waals surface area contributed by atoms with Gasteiger partial charge in [0.25, 0.3) is 0 Å². The minimum absolute atomic E-state index is 0.189. The van der Waals surface area contributed by atoms with Crippen molar-refractivity contribution in [2.45, 2.75) is 31.5 Å². The van der Waals surface area contributed by atoms with Gasteiger partial charge in [-0.1, -0.05) is 67.6 Å². The fraction of sp³-hybridized carbons (Fsp3) is 0.348. The Bertz CT molecular complexity index is 824. The lowest BCUT2D eigenvalue weighted by atomic mass is 9.83. The van der Waals surface area contributed by atoms with Gasteiger partial charge in [-0.15, -0.1) is 0 Å². The van der Waals surface area contributed by atoms with E-state index < -0.39 is 11.6 Å². The molecular weight excluding hydrogens is 338 g/mol. The first-order valence-electron chi connectivity index (χ1n) is 9.66. The fourth-order valence-corrected chi connectivity index (χ4v) is 4.12. The topological polar surface area (TPSA) is 49.8 Å². The lowest BCUT2D eigenvalue weighted by Gasteiger charge is -2.35. The van der Waals surface area contributed by atoms with Crippen LogP contribution in [0.3, 0.4) is 0 Å². The van der Waals surface area contributed by atoms with Crippen LogP contribution in [-0.4, -0.2) is 41.7 Å². The van der Waals surface area contributed by atoms with Gasteiger partial charge in [0.2, 0.25) is 5.60 Å². The highest BCUT2D eigenvalue weighted by Gasteiger charge is 2.46. The zero-order valence-electron chi connectivity index (χ0n) is 15.6. The van der Waals surface area contributed by atoms with Crippen LogP contribution in [0.15, 0.2) is 48.5 Å². The second-order valence-corrected chi connectivity index (χ2v) is 7.28. The van der Waals surface area contributed by atoms with Crippen LogP contribution >= 0.6 is 0 Å². The van der Waals surface area contributed by atoms with Gasteiger partial charge in [0.15, 0.2) is 0 Å². The molecule has 0 saturated carbocycles. The van der Waals surface area contributed by atoms with Crippen LogP contribution in [0.2, 0.25) is 0 Å². The summed E-state index contributed by atoms with van der Waals surface area (Å²) in [6, 6.07) is 14.9. The first-order valence-corrected chi connectivity index (χ1v) is 9.66. The van der Waals surface area contributed by atoms with Crippen molar-refractivity contribution in [3.8, 4) is 0 Å². The number of benzene rings is 2. The summed E-state index contributed by atoms with van der Waals surface area (Å²) < 4.78 is 5.88. The summed E-state index contributed by atoms with van der Waals surface area (Å²) in [5.74, 6) is -0.589. The number of carbonyl (C=O) groups is 1. The third kappa shape index (κ3) is 3.20. The fourth-order valence-electron chi connectivity index (χ4n) is 4.12. The maximum absolute atomic E-state index is 13.3. The third-order valence-electron chi connectivity index (χ3n) is 5.62. The molecule has 0 unspecified atom stereocenters. The molecule has 4 nitrogen and oxygen atoms in total. The molecule has 140 valence electrons. The van der Waals surface area contributed by atoms with Crippen molar-refractivity contribution in [1.29, 1.82) is 0 Å². The van der Waals surface area contributed by atoms with Gasteiger partial charge in [0, 0.05) is 17.7 Å². The Morgan fingerprint density at radius 1 is 1.11 bits per heavy atom. The maximum atomic E-state index is 13.3. The van der Waals surface area contributed by atoms with E-state index in [1.807, 2.05) is 60.7 Å². The zero-order valence-corrected chi connectivity index (χ0v) is 15.6. The van der Waals surface area contributed by atoms with Gasteiger partial charge in [-0.3, -0.25) is 4.90 Å². The summed E-state index contributed by atoms with van der Waals surface area (Å²) in [6.07, 6.45) is 5.53. The highest BCUT2D eigenvalue weighted by atomic mass is 16.6. The van der Waals surface area contributed by atoms with Crippen LogP contribution in [0.25, 0.3) is 12.2 Å². The number of piperidine rings is 1. The molecule has 1 atom stereocenters. The second kappa shape index (κ2) is 7.29. The van der Waals surface area contributed by atoms with Crippen LogP contribution in [0, 0.1) is 0 Å². The van der Waals surface area contributed by atoms with Crippen molar-refractivity contribution in [2.75, 3.05) is 19.6 Å². The number of aliphatic hydroxyl groups is 1. The average molecular weight is 363 g/mol. The van der Waals surface area contributed by atoms with E-state index in [0.29, 0.717) is 11.1 Å². The molecule has 1 heterocycles. The van der Waals surface area contributed by atoms with Crippen molar-refractivity contribution in [3.63, 3.8) is 0 Å². The molecule has 4 rings (SSSR count). The summed E-state index contributed by atoms with van der Waals surface area (Å²) in [4.78, 5) is 15.6. The smallest absolute Gasteiger partial charge is 0.348 e. The molecule has 27 heavy (non-hydrogen) atoms. The Kier molecular flexibility index (Phi) is 4.85. The van der Waals surface area contributed by atoms with Crippen molar-refractivity contribution < 1.29 is 14.6 Å². The number of hydrogen-bond acceptors (Lipinski definition) is 4. The van der Waals surface area contributed by atoms with Gasteiger partial charge >= 0.3 is 5.97 Å². The molecule has 0 spiro atoms. The molecule has 4 heteroatoms. The number of likely N-dealkylation sites (tertiary alicyclic amines) is 1. The van der Waals surface area contributed by atoms with Crippen LogP contribution < -0.4 is 0 Å². The standard InChI is InChI=1S/C23H25NO3/c1-2-24-15-7-10-19(16-24)27-22(25)23(26)20-11-5-3-8-17(20)13-14-18-9-4-6-12-21(18)23/h3-6,8-9,11-14,19,26H,2,7,10,15-16H2,1H3/t19-/m1/s1. The number of carbonyl (C=O) groups excluding carboxylic acids is 1. The van der Waals surface area contributed by atoms with E-state index in [4.69, 9.17) is 4.74 Å². The predicted octanol–water partition coefficient (Wildman–Crippen LogP) is 3.43. The van der Waals surface area contributed by atoms with E-state index in [2.05, 4.69) is 11.8 Å². The lowest BCUT2D eigenvalue weighted by Crippen LogP contribution is -2.45. The number of likely N-dealkylation sites (N-methyl/N-ethyl adjacent to an activating group) is 1. The van der Waals surface area contributed by atoms with Crippen LogP contribution in [0.5, 0.6) is 0 Å². The van der Waals surface area contributed by atoms with Crippen molar-refractivity contribution in [3.05, 3.63) is 70.8 Å². The number of ether oxygens (including phenoxy) is 1. The lowest BCUT2D eigenvalue weighted by molar-refractivity contribution is -0.170. The minimum Gasteiger partial charge on any atom is -0.458 e. The first kappa shape index (κ1) is 18.0. The maximum Gasteiger partial charge on any atom is 0.348 e. The second-order valence-electron chi connectivity index (χ2n) is 7.28. The van der Waals surface area contributed by atoms with Crippen LogP contribution in [-0.2, 0) is 15.1 Å². The van der Waals surface area contributed by atoms with Gasteiger partial charge < -0.3 is 9.84 Å². The quantitative estimate of drug-likeness (QED) is 0.849. The zero-order chi connectivity index (χ0) is 18.9. The number of fused-ring (bicyclic) bond motifs is 2. The molecule has 0 bridgehead atoms. The SMILES string of the molecule is CCN1CCC[C@@H](OC(=O)C2(O)c3ccccc3C=Cc3ccccc32)C1. The average Bonchev–Trinajstić information content (AvgIpc) is 2.84. The summed E-state index contributed by atoms with van der Waals surface area (Å²) in [5.41, 5.74) is 0.975. The molecule has 0 aromatic heterocycles. The molecule has 0 radical (unpaired) electrons. The Balaban J connectivity index is 1.74. The largest absolute Gasteiger partial charge is 0.458 e. The summed E-state index contributed by atoms with van der Waals surface area (Å²) in [7, 11) is 0. The molecule has 2 aliphatic rings. The van der Waals surface area contributed by atoms with E-state index in [1.54, 1.807) is 0 Å². The molecule has 1 aliphatic carbocycles. The molecule has 1 fully saturated rings. The van der Waals surface area contributed by atoms with Gasteiger partial charge in [-0.25, -0.2) is 4.79 Å². The monoisotopic (exact) mass is 363 g/mol. The first-order chi connectivity index (χ1) is 13.1. The van der Waals surface area contributed by atoms with E-state index >= 15 is 0 Å². The molecule has 1 N–H and O–H groups in total. The summed E-state index contributed by atoms with van der Waals surface area (Å²) in [5, 5.41) is 11.7. The molecule has 2 aromatic carbocycles. The highest BCUT2D eigenvalue weighted by molar-refractivity contribution is 5.91. The van der Waals surface area contributed by atoms with Gasteiger partial charge in [0.05, 0.1) is 0 Å². The van der Waals surface area contributed by atoms with Crippen molar-refractivity contribution in [1.82, 2.24) is 4.90 Å². The van der Waals surface area contributed by atoms with Crippen molar-refractivity contribution in [2.24, 2.45) is 0 Å². The van der Waals surface area contributed by atoms with E-state index in [1.165, 1.54) is 0 Å². The summed E-state index contributed by atoms with van der Waals surface area (Å²) in [6.45, 7) is 4.80. The van der Waals surface area contributed by atoms with Gasteiger partial charge in [0.1, 0.15) is 6.10 Å². The minimum atomic E-state index is -1.81. The van der Waals surface area contributed by atoms with Crippen LogP contribution in [0.4, 0.5) is 0 Å². The number of esters is 1. The Labute approximate surface area is 160 Å². The molecule has 0 amide bonds. The third-order valence-corrected chi connectivity index (χ3v) is 5.62. The predicted molar refractivity (Wildman–Crippen MR) is 106 cm³/mol.